The summed E-state index contributed by atoms with van der Waals surface area (Å²) in [6.07, 6.45) is 3.25. The molecule has 26 heavy (non-hydrogen) atoms. The van der Waals surface area contributed by atoms with E-state index in [1.54, 1.807) is 14.2 Å². The first-order valence-corrected chi connectivity index (χ1v) is 9.95. The Hall–Kier alpha value is -1.47. The van der Waals surface area contributed by atoms with E-state index in [1.165, 1.54) is 6.42 Å². The molecule has 1 aromatic carbocycles. The van der Waals surface area contributed by atoms with Gasteiger partial charge in [0.25, 0.3) is 0 Å². The molecule has 0 amide bonds. The number of aliphatic imine (C=N–C) groups is 1. The van der Waals surface area contributed by atoms with Crippen LogP contribution in [-0.4, -0.2) is 46.5 Å². The van der Waals surface area contributed by atoms with Gasteiger partial charge in [-0.1, -0.05) is 13.3 Å². The molecule has 0 unspecified atom stereocenters. The number of nitrogens with zero attached hydrogens (tertiary/aromatic N) is 1. The molecule has 1 rings (SSSR count). The number of hydrogen-bond acceptors (Lipinski definition) is 4. The second kappa shape index (κ2) is 13.7. The highest BCUT2D eigenvalue weighted by molar-refractivity contribution is 9.10. The van der Waals surface area contributed by atoms with Gasteiger partial charge in [0, 0.05) is 26.3 Å². The van der Waals surface area contributed by atoms with Crippen LogP contribution in [0.1, 0.15) is 38.7 Å². The average molecular weight is 430 g/mol. The lowest BCUT2D eigenvalue weighted by molar-refractivity contribution is 0.129. The molecule has 0 saturated heterocycles. The molecule has 0 radical (unpaired) electrons. The molecule has 0 aromatic heterocycles. The number of unbranched alkanes of at least 4 members (excludes halogenated alkanes) is 1. The van der Waals surface area contributed by atoms with Crippen LogP contribution in [0.25, 0.3) is 0 Å². The van der Waals surface area contributed by atoms with Gasteiger partial charge in [0.1, 0.15) is 0 Å². The Kier molecular flexibility index (Phi) is 11.9. The Labute approximate surface area is 165 Å². The van der Waals surface area contributed by atoms with Gasteiger partial charge in [0.2, 0.25) is 0 Å². The zero-order valence-electron chi connectivity index (χ0n) is 16.4. The van der Waals surface area contributed by atoms with Crippen LogP contribution in [0.5, 0.6) is 11.5 Å². The van der Waals surface area contributed by atoms with Gasteiger partial charge in [-0.2, -0.15) is 0 Å². The Morgan fingerprint density at radius 3 is 2.50 bits per heavy atom. The molecule has 6 nitrogen and oxygen atoms in total. The molecule has 0 fully saturated rings. The summed E-state index contributed by atoms with van der Waals surface area (Å²) in [6, 6.07) is 3.94. The van der Waals surface area contributed by atoms with Crippen LogP contribution in [0, 0.1) is 0 Å². The third-order valence-electron chi connectivity index (χ3n) is 3.66. The van der Waals surface area contributed by atoms with Crippen LogP contribution in [0.4, 0.5) is 0 Å². The zero-order valence-corrected chi connectivity index (χ0v) is 17.9. The van der Waals surface area contributed by atoms with Crippen LogP contribution in [-0.2, 0) is 11.3 Å². The first kappa shape index (κ1) is 22.6. The third-order valence-corrected chi connectivity index (χ3v) is 4.25. The van der Waals surface area contributed by atoms with E-state index >= 15 is 0 Å². The summed E-state index contributed by atoms with van der Waals surface area (Å²) in [4.78, 5) is 4.64. The maximum atomic E-state index is 5.57. The van der Waals surface area contributed by atoms with Crippen LogP contribution in [0.3, 0.4) is 0 Å². The maximum Gasteiger partial charge on any atom is 0.191 e. The number of rotatable bonds is 12. The number of methoxy groups -OCH3 is 2. The fourth-order valence-electron chi connectivity index (χ4n) is 2.30. The number of nitrogens with one attached hydrogen (secondary N) is 2. The van der Waals surface area contributed by atoms with Crippen molar-refractivity contribution in [2.75, 3.05) is 40.5 Å². The standard InChI is InChI=1S/C19H32BrN3O3/c1-5-7-10-26-11-8-9-22-19(21-6-2)23-14-15-12-16(20)18(25-4)17(13-15)24-3/h12-13H,5-11,14H2,1-4H3,(H2,21,22,23). The van der Waals surface area contributed by atoms with E-state index in [1.807, 2.05) is 12.1 Å². The zero-order chi connectivity index (χ0) is 19.2. The quantitative estimate of drug-likeness (QED) is 0.301. The van der Waals surface area contributed by atoms with Crippen molar-refractivity contribution in [3.8, 4) is 11.5 Å². The largest absolute Gasteiger partial charge is 0.493 e. The molecule has 0 aliphatic carbocycles. The Bertz CT molecular complexity index is 553. The highest BCUT2D eigenvalue weighted by atomic mass is 79.9. The summed E-state index contributed by atoms with van der Waals surface area (Å²) < 4.78 is 17.2. The lowest BCUT2D eigenvalue weighted by atomic mass is 10.2. The minimum Gasteiger partial charge on any atom is -0.493 e. The van der Waals surface area contributed by atoms with Crippen LogP contribution in [0.2, 0.25) is 0 Å². The van der Waals surface area contributed by atoms with E-state index in [0.717, 1.165) is 55.1 Å². The molecule has 7 heteroatoms. The van der Waals surface area contributed by atoms with Crippen molar-refractivity contribution in [2.45, 2.75) is 39.7 Å². The second-order valence-corrected chi connectivity index (χ2v) is 6.61. The summed E-state index contributed by atoms with van der Waals surface area (Å²) in [7, 11) is 3.26. The van der Waals surface area contributed by atoms with Crippen molar-refractivity contribution in [1.82, 2.24) is 10.6 Å². The predicted molar refractivity (Wildman–Crippen MR) is 110 cm³/mol. The number of benzene rings is 1. The smallest absolute Gasteiger partial charge is 0.191 e. The van der Waals surface area contributed by atoms with E-state index in [-0.39, 0.29) is 0 Å². The monoisotopic (exact) mass is 429 g/mol. The molecule has 0 spiro atoms. The van der Waals surface area contributed by atoms with Crippen molar-refractivity contribution in [1.29, 1.82) is 0 Å². The third kappa shape index (κ3) is 8.27. The first-order chi connectivity index (χ1) is 12.7. The number of hydrogen-bond donors (Lipinski definition) is 2. The molecule has 148 valence electrons. The molecule has 0 saturated carbocycles. The molecule has 0 bridgehead atoms. The van der Waals surface area contributed by atoms with Crippen molar-refractivity contribution in [3.05, 3.63) is 22.2 Å². The van der Waals surface area contributed by atoms with Crippen LogP contribution in [0.15, 0.2) is 21.6 Å². The van der Waals surface area contributed by atoms with E-state index < -0.39 is 0 Å². The van der Waals surface area contributed by atoms with E-state index in [4.69, 9.17) is 14.2 Å². The normalized spacial score (nSPS) is 11.3. The lowest BCUT2D eigenvalue weighted by Gasteiger charge is -2.13. The Morgan fingerprint density at radius 2 is 1.85 bits per heavy atom. The minimum atomic E-state index is 0.543. The Balaban J connectivity index is 2.56. The maximum absolute atomic E-state index is 5.57. The van der Waals surface area contributed by atoms with Crippen LogP contribution < -0.4 is 20.1 Å². The van der Waals surface area contributed by atoms with Crippen molar-refractivity contribution < 1.29 is 14.2 Å². The summed E-state index contributed by atoms with van der Waals surface area (Å²) in [5, 5.41) is 6.60. The van der Waals surface area contributed by atoms with E-state index in [0.29, 0.717) is 18.0 Å². The molecular formula is C19H32BrN3O3. The summed E-state index contributed by atoms with van der Waals surface area (Å²) in [5.74, 6) is 2.18. The fourth-order valence-corrected chi connectivity index (χ4v) is 2.96. The molecule has 0 aliphatic rings. The molecule has 2 N–H and O–H groups in total. The molecule has 0 atom stereocenters. The second-order valence-electron chi connectivity index (χ2n) is 5.75. The van der Waals surface area contributed by atoms with Gasteiger partial charge in [0.15, 0.2) is 17.5 Å². The molecular weight excluding hydrogens is 398 g/mol. The lowest BCUT2D eigenvalue weighted by Crippen LogP contribution is -2.38. The van der Waals surface area contributed by atoms with Gasteiger partial charge >= 0.3 is 0 Å². The van der Waals surface area contributed by atoms with Gasteiger partial charge in [-0.05, 0) is 53.4 Å². The highest BCUT2D eigenvalue weighted by Crippen LogP contribution is 2.36. The van der Waals surface area contributed by atoms with Gasteiger partial charge < -0.3 is 24.8 Å². The van der Waals surface area contributed by atoms with Gasteiger partial charge in [-0.3, -0.25) is 0 Å². The first-order valence-electron chi connectivity index (χ1n) is 9.16. The average Bonchev–Trinajstić information content (AvgIpc) is 2.64. The SMILES string of the molecule is CCCCOCCCNC(=NCc1cc(Br)c(OC)c(OC)c1)NCC. The van der Waals surface area contributed by atoms with Crippen molar-refractivity contribution in [2.24, 2.45) is 4.99 Å². The number of guanidine groups is 1. The van der Waals surface area contributed by atoms with E-state index in [9.17, 15) is 0 Å². The summed E-state index contributed by atoms with van der Waals surface area (Å²) in [5.41, 5.74) is 1.04. The van der Waals surface area contributed by atoms with Crippen LogP contribution >= 0.6 is 15.9 Å². The van der Waals surface area contributed by atoms with E-state index in [2.05, 4.69) is 45.4 Å². The Morgan fingerprint density at radius 1 is 1.08 bits per heavy atom. The minimum absolute atomic E-state index is 0.543. The molecule has 1 aromatic rings. The highest BCUT2D eigenvalue weighted by Gasteiger charge is 2.10. The number of halogens is 1. The van der Waals surface area contributed by atoms with Crippen molar-refractivity contribution >= 4 is 21.9 Å². The van der Waals surface area contributed by atoms with Crippen molar-refractivity contribution in [3.63, 3.8) is 0 Å². The molecule has 0 heterocycles. The van der Waals surface area contributed by atoms with Gasteiger partial charge in [0.05, 0.1) is 25.2 Å². The summed E-state index contributed by atoms with van der Waals surface area (Å²) >= 11 is 3.52. The number of ether oxygens (including phenoxy) is 3. The van der Waals surface area contributed by atoms with Gasteiger partial charge in [-0.25, -0.2) is 4.99 Å². The summed E-state index contributed by atoms with van der Waals surface area (Å²) in [6.45, 7) is 8.02. The van der Waals surface area contributed by atoms with Gasteiger partial charge in [-0.15, -0.1) is 0 Å². The topological polar surface area (TPSA) is 64.1 Å². The molecule has 0 aliphatic heterocycles. The predicted octanol–water partition coefficient (Wildman–Crippen LogP) is 3.73. The fraction of sp³-hybridized carbons (Fsp3) is 0.632.